The normalized spacial score (nSPS) is 26.6. The highest BCUT2D eigenvalue weighted by atomic mass is 16.2. The van der Waals surface area contributed by atoms with Gasteiger partial charge in [-0.2, -0.15) is 0 Å². The van der Waals surface area contributed by atoms with Crippen molar-refractivity contribution in [2.45, 2.75) is 130 Å². The summed E-state index contributed by atoms with van der Waals surface area (Å²) in [6.45, 7) is 8.58. The molecule has 178 valence electrons. The van der Waals surface area contributed by atoms with E-state index in [1.54, 1.807) is 0 Å². The second kappa shape index (κ2) is 11.6. The van der Waals surface area contributed by atoms with E-state index < -0.39 is 22.0 Å². The van der Waals surface area contributed by atoms with Crippen molar-refractivity contribution in [1.29, 1.82) is 0 Å². The van der Waals surface area contributed by atoms with Crippen molar-refractivity contribution in [3.05, 3.63) is 0 Å². The molecule has 0 aromatic heterocycles. The Kier molecular flexibility index (Phi) is 9.76. The average molecular weight is 434 g/mol. The molecule has 2 unspecified atom stereocenters. The molecule has 2 fully saturated rings. The third-order valence-electron chi connectivity index (χ3n) is 8.74. The van der Waals surface area contributed by atoms with Crippen molar-refractivity contribution in [2.24, 2.45) is 16.2 Å². The number of rotatable bonds is 16. The van der Waals surface area contributed by atoms with Crippen LogP contribution in [0.2, 0.25) is 0 Å². The van der Waals surface area contributed by atoms with Crippen LogP contribution in [0.4, 0.5) is 0 Å². The van der Waals surface area contributed by atoms with Gasteiger partial charge in [0.2, 0.25) is 17.5 Å². The first-order valence-electron chi connectivity index (χ1n) is 13.1. The molecule has 2 aliphatic rings. The van der Waals surface area contributed by atoms with E-state index in [4.69, 9.17) is 0 Å². The Bertz CT molecular complexity index is 626. The fourth-order valence-electron chi connectivity index (χ4n) is 5.95. The molecule has 0 aliphatic heterocycles. The van der Waals surface area contributed by atoms with Crippen LogP contribution >= 0.6 is 0 Å². The van der Waals surface area contributed by atoms with Gasteiger partial charge in [-0.3, -0.25) is 14.4 Å². The predicted octanol–water partition coefficient (Wildman–Crippen LogP) is 6.55. The van der Waals surface area contributed by atoms with E-state index in [2.05, 4.69) is 12.2 Å². The van der Waals surface area contributed by atoms with Crippen LogP contribution in [0.5, 0.6) is 0 Å². The molecular weight excluding hydrogens is 386 g/mol. The summed E-state index contributed by atoms with van der Waals surface area (Å²) in [4.78, 5) is 38.2. The van der Waals surface area contributed by atoms with Gasteiger partial charge in [-0.15, -0.1) is 0 Å². The van der Waals surface area contributed by atoms with Crippen molar-refractivity contribution in [1.82, 2.24) is 5.32 Å². The Balaban J connectivity index is 1.52. The number of ketones is 2. The number of amides is 1. The summed E-state index contributed by atoms with van der Waals surface area (Å²) in [7, 11) is 0. The van der Waals surface area contributed by atoms with Gasteiger partial charge in [0.15, 0.2) is 0 Å². The van der Waals surface area contributed by atoms with Gasteiger partial charge in [0.1, 0.15) is 5.41 Å². The summed E-state index contributed by atoms with van der Waals surface area (Å²) in [6, 6.07) is 0. The van der Waals surface area contributed by atoms with E-state index in [9.17, 15) is 14.4 Å². The number of unbranched alkanes of at least 4 members (excludes halogenated alkanes) is 13. The monoisotopic (exact) mass is 433 g/mol. The molecular formula is C27H47NO3. The summed E-state index contributed by atoms with van der Waals surface area (Å²) < 4.78 is 0. The van der Waals surface area contributed by atoms with Crippen molar-refractivity contribution in [3.8, 4) is 0 Å². The van der Waals surface area contributed by atoms with E-state index in [0.29, 0.717) is 19.4 Å². The van der Waals surface area contributed by atoms with E-state index in [1.165, 1.54) is 77.0 Å². The maximum absolute atomic E-state index is 13.0. The minimum atomic E-state index is -1.14. The summed E-state index contributed by atoms with van der Waals surface area (Å²) >= 11 is 0. The molecule has 0 aromatic rings. The third-order valence-corrected chi connectivity index (χ3v) is 8.74. The van der Waals surface area contributed by atoms with Crippen LogP contribution in [0.25, 0.3) is 0 Å². The summed E-state index contributed by atoms with van der Waals surface area (Å²) in [6.07, 6.45) is 19.4. The molecule has 0 radical (unpaired) electrons. The number of carbonyl (C=O) groups excluding carboxylic acids is 3. The summed E-state index contributed by atoms with van der Waals surface area (Å²) in [5, 5.41) is 3.00. The van der Waals surface area contributed by atoms with Crippen LogP contribution in [0.3, 0.4) is 0 Å². The van der Waals surface area contributed by atoms with Crippen LogP contribution in [-0.4, -0.2) is 24.0 Å². The van der Waals surface area contributed by atoms with Gasteiger partial charge in [-0.05, 0) is 24.7 Å². The Labute approximate surface area is 190 Å². The Morgan fingerprint density at radius 2 is 1.16 bits per heavy atom. The van der Waals surface area contributed by atoms with Gasteiger partial charge < -0.3 is 5.32 Å². The number of carbonyl (C=O) groups is 3. The summed E-state index contributed by atoms with van der Waals surface area (Å²) in [5.74, 6) is -1.01. The molecule has 31 heavy (non-hydrogen) atoms. The molecule has 2 bridgehead atoms. The number of hydrogen-bond acceptors (Lipinski definition) is 3. The first kappa shape index (κ1) is 26.1. The van der Waals surface area contributed by atoms with Crippen LogP contribution in [-0.2, 0) is 14.4 Å². The summed E-state index contributed by atoms with van der Waals surface area (Å²) in [5.41, 5.74) is -2.43. The fourth-order valence-corrected chi connectivity index (χ4v) is 5.95. The van der Waals surface area contributed by atoms with Gasteiger partial charge in [-0.1, -0.05) is 111 Å². The van der Waals surface area contributed by atoms with E-state index in [-0.39, 0.29) is 11.7 Å². The average Bonchev–Trinajstić information content (AvgIpc) is 3.02. The van der Waals surface area contributed by atoms with Crippen LogP contribution in [0.1, 0.15) is 130 Å². The topological polar surface area (TPSA) is 63.2 Å². The molecule has 2 rings (SSSR count). The molecule has 0 aromatic carbocycles. The number of hydrogen-bond donors (Lipinski definition) is 1. The van der Waals surface area contributed by atoms with Gasteiger partial charge in [0.25, 0.3) is 0 Å². The van der Waals surface area contributed by atoms with Crippen LogP contribution in [0.15, 0.2) is 0 Å². The molecule has 0 saturated heterocycles. The van der Waals surface area contributed by atoms with Crippen LogP contribution in [0, 0.1) is 16.2 Å². The second-order valence-electron chi connectivity index (χ2n) is 10.9. The Morgan fingerprint density at radius 1 is 0.710 bits per heavy atom. The zero-order chi connectivity index (χ0) is 23.0. The van der Waals surface area contributed by atoms with Gasteiger partial charge in [0, 0.05) is 12.0 Å². The minimum absolute atomic E-state index is 0.216. The minimum Gasteiger partial charge on any atom is -0.355 e. The molecule has 1 amide bonds. The predicted molar refractivity (Wildman–Crippen MR) is 127 cm³/mol. The lowest BCUT2D eigenvalue weighted by molar-refractivity contribution is -0.149. The van der Waals surface area contributed by atoms with Crippen molar-refractivity contribution in [3.63, 3.8) is 0 Å². The van der Waals surface area contributed by atoms with E-state index in [1.807, 2.05) is 20.8 Å². The first-order chi connectivity index (χ1) is 14.8. The maximum Gasteiger partial charge on any atom is 0.234 e. The Hall–Kier alpha value is -1.19. The lowest BCUT2D eigenvalue weighted by atomic mass is 9.64. The van der Waals surface area contributed by atoms with Gasteiger partial charge in [0.05, 0.1) is 0 Å². The Morgan fingerprint density at radius 3 is 1.58 bits per heavy atom. The fraction of sp³-hybridized carbons (Fsp3) is 0.889. The lowest BCUT2D eigenvalue weighted by Crippen LogP contribution is -2.50. The second-order valence-corrected chi connectivity index (χ2v) is 10.9. The van der Waals surface area contributed by atoms with Gasteiger partial charge >= 0.3 is 0 Å². The van der Waals surface area contributed by atoms with Crippen molar-refractivity contribution < 1.29 is 14.4 Å². The number of nitrogens with one attached hydrogen (secondary N) is 1. The number of Topliss-reactive ketones (excluding diaryl/α,β-unsaturated/α-hetero) is 2. The lowest BCUT2D eigenvalue weighted by Gasteiger charge is -2.37. The quantitative estimate of drug-likeness (QED) is 0.170. The molecule has 2 atom stereocenters. The maximum atomic E-state index is 13.0. The number of fused-ring (bicyclic) bond motifs is 2. The molecule has 4 nitrogen and oxygen atoms in total. The molecule has 4 heteroatoms. The molecule has 2 saturated carbocycles. The SMILES string of the molecule is CCCCCCCCCCCCCCCCNC(=O)C12CCC(C)(C(=O)C1=O)C2(C)C. The molecule has 0 spiro atoms. The standard InChI is InChI=1S/C27H47NO3/c1-5-6-7-8-9-10-11-12-13-14-15-16-17-18-21-28-24(31)27-20-19-26(4,25(27,2)3)22(29)23(27)30/h5-21H2,1-4H3,(H,28,31). The highest BCUT2D eigenvalue weighted by Gasteiger charge is 2.77. The zero-order valence-electron chi connectivity index (χ0n) is 20.7. The van der Waals surface area contributed by atoms with Crippen molar-refractivity contribution >= 4 is 17.5 Å². The van der Waals surface area contributed by atoms with E-state index >= 15 is 0 Å². The van der Waals surface area contributed by atoms with Crippen molar-refractivity contribution in [2.75, 3.05) is 6.54 Å². The molecule has 1 N–H and O–H groups in total. The smallest absolute Gasteiger partial charge is 0.234 e. The largest absolute Gasteiger partial charge is 0.355 e. The highest BCUT2D eigenvalue weighted by Crippen LogP contribution is 2.68. The highest BCUT2D eigenvalue weighted by molar-refractivity contribution is 6.48. The molecule has 0 heterocycles. The molecule has 2 aliphatic carbocycles. The van der Waals surface area contributed by atoms with Gasteiger partial charge in [-0.25, -0.2) is 0 Å². The first-order valence-corrected chi connectivity index (χ1v) is 13.1. The van der Waals surface area contributed by atoms with Crippen LogP contribution < -0.4 is 5.32 Å². The van der Waals surface area contributed by atoms with E-state index in [0.717, 1.165) is 12.8 Å². The zero-order valence-corrected chi connectivity index (χ0v) is 20.7. The third kappa shape index (κ3) is 5.25.